The molecule has 1 heterocycles. The molecule has 37 heavy (non-hydrogen) atoms. The van der Waals surface area contributed by atoms with Gasteiger partial charge in [-0.15, -0.1) is 0 Å². The molecule has 0 unspecified atom stereocenters. The molecule has 1 aromatic heterocycles. The fourth-order valence-corrected chi connectivity index (χ4v) is 7.24. The second-order valence-corrected chi connectivity index (χ2v) is 12.9. The van der Waals surface area contributed by atoms with Crippen LogP contribution in [0.15, 0.2) is 30.3 Å². The zero-order valence-corrected chi connectivity index (χ0v) is 23.0. The molecule has 4 aliphatic carbocycles. The molecular weight excluding hydrogens is 464 g/mol. The summed E-state index contributed by atoms with van der Waals surface area (Å²) in [7, 11) is 1.64. The quantitative estimate of drug-likeness (QED) is 0.540. The van der Waals surface area contributed by atoms with Crippen LogP contribution < -0.4 is 5.32 Å². The van der Waals surface area contributed by atoms with Gasteiger partial charge in [-0.3, -0.25) is 9.59 Å². The molecule has 1 aromatic carbocycles. The van der Waals surface area contributed by atoms with Crippen LogP contribution in [0.1, 0.15) is 70.6 Å². The number of ether oxygens (including phenoxy) is 1. The first-order valence-electron chi connectivity index (χ1n) is 13.8. The van der Waals surface area contributed by atoms with Crippen molar-refractivity contribution >= 4 is 17.6 Å². The Balaban J connectivity index is 1.36. The van der Waals surface area contributed by atoms with Crippen LogP contribution in [0.25, 0.3) is 5.69 Å². The number of carbonyl (C=O) groups excluding carboxylic acids is 2. The van der Waals surface area contributed by atoms with E-state index >= 15 is 0 Å². The third kappa shape index (κ3) is 5.33. The Hall–Kier alpha value is -2.67. The lowest BCUT2D eigenvalue weighted by molar-refractivity contribution is -0.159. The zero-order valence-electron chi connectivity index (χ0n) is 23.0. The van der Waals surface area contributed by atoms with Crippen molar-refractivity contribution in [1.82, 2.24) is 14.7 Å². The van der Waals surface area contributed by atoms with Gasteiger partial charge < -0.3 is 15.0 Å². The smallest absolute Gasteiger partial charge is 0.245 e. The highest BCUT2D eigenvalue weighted by Gasteiger charge is 2.55. The number of amides is 2. The van der Waals surface area contributed by atoms with Crippen LogP contribution in [0.4, 0.5) is 5.82 Å². The van der Waals surface area contributed by atoms with E-state index in [0.717, 1.165) is 36.2 Å². The zero-order chi connectivity index (χ0) is 26.4. The van der Waals surface area contributed by atoms with Gasteiger partial charge in [0, 0.05) is 25.1 Å². The SMILES string of the molecule is COCCN(CC(=O)Nc1cc(C(C)(C)C)nn1-c1ccc(C)cc1)C(=O)C12CC3CC(CC(C3)C1)C2. The molecule has 4 saturated carbocycles. The third-order valence-electron chi connectivity index (χ3n) is 8.70. The fourth-order valence-electron chi connectivity index (χ4n) is 7.24. The lowest BCUT2D eigenvalue weighted by Crippen LogP contribution is -2.56. The summed E-state index contributed by atoms with van der Waals surface area (Å²) in [5.41, 5.74) is 2.48. The molecule has 0 saturated heterocycles. The van der Waals surface area contributed by atoms with E-state index < -0.39 is 0 Å². The molecule has 200 valence electrons. The second-order valence-electron chi connectivity index (χ2n) is 12.9. The average Bonchev–Trinajstić information content (AvgIpc) is 3.25. The molecular formula is C30H42N4O3. The van der Waals surface area contributed by atoms with E-state index in [0.29, 0.717) is 36.7 Å². The number of nitrogens with one attached hydrogen (secondary N) is 1. The molecule has 7 nitrogen and oxygen atoms in total. The highest BCUT2D eigenvalue weighted by molar-refractivity contribution is 5.95. The standard InChI is InChI=1S/C30H42N4O3/c1-20-6-8-24(9-7-20)34-26(15-25(32-34)29(2,3)4)31-27(35)19-33(10-11-37-5)28(36)30-16-21-12-22(17-30)14-23(13-21)18-30/h6-9,15,21-23H,10-14,16-19H2,1-5H3,(H,31,35). The second kappa shape index (κ2) is 9.90. The Morgan fingerprint density at radius 1 is 1.08 bits per heavy atom. The highest BCUT2D eigenvalue weighted by atomic mass is 16.5. The van der Waals surface area contributed by atoms with Gasteiger partial charge >= 0.3 is 0 Å². The lowest BCUT2D eigenvalue weighted by Gasteiger charge is -2.56. The predicted octanol–water partition coefficient (Wildman–Crippen LogP) is 5.11. The summed E-state index contributed by atoms with van der Waals surface area (Å²) in [6.45, 7) is 9.24. The van der Waals surface area contributed by atoms with Gasteiger partial charge in [-0.2, -0.15) is 5.10 Å². The minimum absolute atomic E-state index is 0.0217. The number of methoxy groups -OCH3 is 1. The van der Waals surface area contributed by atoms with Crippen LogP contribution in [0.2, 0.25) is 0 Å². The van der Waals surface area contributed by atoms with E-state index in [4.69, 9.17) is 9.84 Å². The number of rotatable bonds is 8. The summed E-state index contributed by atoms with van der Waals surface area (Å²) in [6, 6.07) is 10.0. The van der Waals surface area contributed by atoms with Crippen molar-refractivity contribution in [2.24, 2.45) is 23.2 Å². The Bertz CT molecular complexity index is 1110. The van der Waals surface area contributed by atoms with Gasteiger partial charge in [-0.25, -0.2) is 4.68 Å². The Morgan fingerprint density at radius 3 is 2.22 bits per heavy atom. The van der Waals surface area contributed by atoms with Crippen molar-refractivity contribution in [3.8, 4) is 5.69 Å². The van der Waals surface area contributed by atoms with Gasteiger partial charge in [0.25, 0.3) is 0 Å². The molecule has 7 heteroatoms. The maximum Gasteiger partial charge on any atom is 0.245 e. The van der Waals surface area contributed by atoms with E-state index in [9.17, 15) is 9.59 Å². The summed E-state index contributed by atoms with van der Waals surface area (Å²) >= 11 is 0. The van der Waals surface area contributed by atoms with Gasteiger partial charge in [0.15, 0.2) is 0 Å². The largest absolute Gasteiger partial charge is 0.383 e. The van der Waals surface area contributed by atoms with E-state index in [1.54, 1.807) is 16.7 Å². The first-order chi connectivity index (χ1) is 17.6. The van der Waals surface area contributed by atoms with Gasteiger partial charge in [-0.1, -0.05) is 38.5 Å². The third-order valence-corrected chi connectivity index (χ3v) is 8.70. The molecule has 0 spiro atoms. The number of hydrogen-bond acceptors (Lipinski definition) is 4. The minimum atomic E-state index is -0.286. The van der Waals surface area contributed by atoms with Gasteiger partial charge in [0.2, 0.25) is 11.8 Å². The van der Waals surface area contributed by atoms with Crippen molar-refractivity contribution in [2.45, 2.75) is 71.6 Å². The molecule has 0 radical (unpaired) electrons. The number of carbonyl (C=O) groups is 2. The number of anilines is 1. The number of hydrogen-bond donors (Lipinski definition) is 1. The summed E-state index contributed by atoms with van der Waals surface area (Å²) in [4.78, 5) is 29.2. The fraction of sp³-hybridized carbons (Fsp3) is 0.633. The predicted molar refractivity (Wildman–Crippen MR) is 145 cm³/mol. The first-order valence-corrected chi connectivity index (χ1v) is 13.8. The van der Waals surface area contributed by atoms with Crippen LogP contribution >= 0.6 is 0 Å². The van der Waals surface area contributed by atoms with E-state index in [2.05, 4.69) is 26.1 Å². The van der Waals surface area contributed by atoms with Crippen molar-refractivity contribution < 1.29 is 14.3 Å². The molecule has 4 bridgehead atoms. The monoisotopic (exact) mass is 506 g/mol. The number of nitrogens with zero attached hydrogens (tertiary/aromatic N) is 3. The summed E-state index contributed by atoms with van der Waals surface area (Å²) in [5.74, 6) is 2.59. The summed E-state index contributed by atoms with van der Waals surface area (Å²) in [6.07, 6.45) is 6.80. The maximum atomic E-state index is 14.0. The van der Waals surface area contributed by atoms with E-state index in [1.807, 2.05) is 37.3 Å². The Morgan fingerprint density at radius 2 is 1.68 bits per heavy atom. The number of aromatic nitrogens is 2. The highest BCUT2D eigenvalue weighted by Crippen LogP contribution is 2.60. The molecule has 6 rings (SSSR count). The van der Waals surface area contributed by atoms with Crippen molar-refractivity contribution in [3.05, 3.63) is 41.6 Å². The van der Waals surface area contributed by atoms with Gasteiger partial charge in [-0.05, 0) is 75.3 Å². The van der Waals surface area contributed by atoms with Crippen LogP contribution in [0.3, 0.4) is 0 Å². The van der Waals surface area contributed by atoms with Crippen molar-refractivity contribution in [1.29, 1.82) is 0 Å². The van der Waals surface area contributed by atoms with Gasteiger partial charge in [0.1, 0.15) is 12.4 Å². The Labute approximate surface area is 220 Å². The lowest BCUT2D eigenvalue weighted by atomic mass is 9.49. The van der Waals surface area contributed by atoms with Crippen LogP contribution in [-0.4, -0.2) is 53.3 Å². The maximum absolute atomic E-state index is 14.0. The molecule has 0 atom stereocenters. The van der Waals surface area contributed by atoms with E-state index in [1.165, 1.54) is 19.3 Å². The molecule has 4 aliphatic rings. The van der Waals surface area contributed by atoms with Crippen molar-refractivity contribution in [3.63, 3.8) is 0 Å². The molecule has 1 N–H and O–H groups in total. The number of benzene rings is 1. The molecule has 4 fully saturated rings. The van der Waals surface area contributed by atoms with E-state index in [-0.39, 0.29) is 29.2 Å². The molecule has 0 aliphatic heterocycles. The number of aryl methyl sites for hydroxylation is 1. The summed E-state index contributed by atoms with van der Waals surface area (Å²) < 4.78 is 7.12. The average molecular weight is 507 g/mol. The van der Waals surface area contributed by atoms with Crippen molar-refractivity contribution in [2.75, 3.05) is 32.1 Å². The van der Waals surface area contributed by atoms with Crippen LogP contribution in [-0.2, 0) is 19.7 Å². The Kier molecular flexibility index (Phi) is 6.94. The van der Waals surface area contributed by atoms with Gasteiger partial charge in [0.05, 0.1) is 23.4 Å². The summed E-state index contributed by atoms with van der Waals surface area (Å²) in [5, 5.41) is 7.91. The van der Waals surface area contributed by atoms with Crippen LogP contribution in [0.5, 0.6) is 0 Å². The topological polar surface area (TPSA) is 76.5 Å². The van der Waals surface area contributed by atoms with Crippen LogP contribution in [0, 0.1) is 30.1 Å². The molecule has 2 amide bonds. The normalized spacial score (nSPS) is 26.4. The molecule has 2 aromatic rings. The minimum Gasteiger partial charge on any atom is -0.383 e. The first kappa shape index (κ1) is 26.0.